The molecular formula is C21H26N4O3. The molecule has 2 aliphatic heterocycles. The number of hydrogen-bond donors (Lipinski definition) is 2. The van der Waals surface area contributed by atoms with Gasteiger partial charge in [0.2, 0.25) is 5.91 Å². The predicted octanol–water partition coefficient (Wildman–Crippen LogP) is 2.04. The molecule has 2 aliphatic rings. The van der Waals surface area contributed by atoms with Crippen LogP contribution in [-0.4, -0.2) is 50.3 Å². The number of aryl methyl sites for hydroxylation is 1. The monoisotopic (exact) mass is 382 g/mol. The molecule has 148 valence electrons. The van der Waals surface area contributed by atoms with Gasteiger partial charge in [-0.1, -0.05) is 18.2 Å². The number of carbonyl (C=O) groups is 2. The third-order valence-electron chi connectivity index (χ3n) is 6.31. The van der Waals surface area contributed by atoms with Crippen LogP contribution in [0.5, 0.6) is 0 Å². The number of piperidine rings is 1. The summed E-state index contributed by atoms with van der Waals surface area (Å²) in [6.45, 7) is 6.43. The number of aromatic nitrogens is 2. The van der Waals surface area contributed by atoms with Crippen molar-refractivity contribution < 1.29 is 14.7 Å². The fourth-order valence-electron chi connectivity index (χ4n) is 4.65. The van der Waals surface area contributed by atoms with E-state index in [-0.39, 0.29) is 12.3 Å². The zero-order chi connectivity index (χ0) is 19.9. The van der Waals surface area contributed by atoms with E-state index in [4.69, 9.17) is 5.10 Å². The van der Waals surface area contributed by atoms with Gasteiger partial charge >= 0.3 is 5.97 Å². The van der Waals surface area contributed by atoms with E-state index in [1.165, 1.54) is 5.56 Å². The van der Waals surface area contributed by atoms with E-state index >= 15 is 0 Å². The molecule has 0 aliphatic carbocycles. The zero-order valence-corrected chi connectivity index (χ0v) is 16.3. The first-order chi connectivity index (χ1) is 13.4. The summed E-state index contributed by atoms with van der Waals surface area (Å²) in [6, 6.07) is 10.1. The normalized spacial score (nSPS) is 21.8. The van der Waals surface area contributed by atoms with Gasteiger partial charge < -0.3 is 10.4 Å². The number of rotatable bonds is 4. The van der Waals surface area contributed by atoms with Crippen LogP contribution in [-0.2, 0) is 16.1 Å². The molecule has 1 amide bonds. The number of likely N-dealkylation sites (tertiary alicyclic amines) is 1. The Morgan fingerprint density at radius 1 is 1.25 bits per heavy atom. The van der Waals surface area contributed by atoms with Crippen molar-refractivity contribution >= 4 is 11.9 Å². The average Bonchev–Trinajstić information content (AvgIpc) is 3.15. The van der Waals surface area contributed by atoms with Crippen LogP contribution in [0.4, 0.5) is 0 Å². The summed E-state index contributed by atoms with van der Waals surface area (Å²) in [5.74, 6) is -1.63. The quantitative estimate of drug-likeness (QED) is 0.845. The molecule has 2 fully saturated rings. The standard InChI is InChI=1S/C21H26N4O3/c1-14-17(15(2)25(23-14)16-6-4-3-5-7-16)13-24-10-8-21(9-11-24)18(20(27)28)12-19(26)22-21/h3-7,18H,8-13H2,1-2H3,(H,22,26)(H,27,28)/t18-/m1/s1. The minimum absolute atomic E-state index is 0.0946. The first kappa shape index (κ1) is 18.7. The van der Waals surface area contributed by atoms with Crippen molar-refractivity contribution in [3.63, 3.8) is 0 Å². The lowest BCUT2D eigenvalue weighted by molar-refractivity contribution is -0.144. The maximum Gasteiger partial charge on any atom is 0.309 e. The molecule has 0 radical (unpaired) electrons. The Morgan fingerprint density at radius 3 is 2.57 bits per heavy atom. The van der Waals surface area contributed by atoms with Gasteiger partial charge in [0.1, 0.15) is 0 Å². The summed E-state index contributed by atoms with van der Waals surface area (Å²) in [7, 11) is 0. The van der Waals surface area contributed by atoms with Gasteiger partial charge in [-0.15, -0.1) is 0 Å². The zero-order valence-electron chi connectivity index (χ0n) is 16.3. The Morgan fingerprint density at radius 2 is 1.93 bits per heavy atom. The molecule has 7 nitrogen and oxygen atoms in total. The lowest BCUT2D eigenvalue weighted by atomic mass is 9.77. The third kappa shape index (κ3) is 3.20. The molecule has 7 heteroatoms. The Bertz CT molecular complexity index is 898. The van der Waals surface area contributed by atoms with Crippen molar-refractivity contribution in [3.05, 3.63) is 47.3 Å². The van der Waals surface area contributed by atoms with E-state index in [2.05, 4.69) is 17.1 Å². The molecule has 2 N–H and O–H groups in total. The van der Waals surface area contributed by atoms with Crippen LogP contribution in [0.1, 0.15) is 36.2 Å². The SMILES string of the molecule is Cc1nn(-c2ccccc2)c(C)c1CN1CCC2(CC1)NC(=O)C[C@@H]2C(=O)O. The number of amides is 1. The smallest absolute Gasteiger partial charge is 0.309 e. The van der Waals surface area contributed by atoms with E-state index in [1.807, 2.05) is 41.9 Å². The average molecular weight is 382 g/mol. The molecule has 0 bridgehead atoms. The van der Waals surface area contributed by atoms with Gasteiger partial charge in [0.15, 0.2) is 0 Å². The minimum Gasteiger partial charge on any atom is -0.481 e. The van der Waals surface area contributed by atoms with Crippen molar-refractivity contribution in [2.75, 3.05) is 13.1 Å². The van der Waals surface area contributed by atoms with Crippen molar-refractivity contribution in [1.29, 1.82) is 0 Å². The van der Waals surface area contributed by atoms with E-state index in [0.717, 1.165) is 36.7 Å². The van der Waals surface area contributed by atoms with Crippen LogP contribution in [0.25, 0.3) is 5.69 Å². The fourth-order valence-corrected chi connectivity index (χ4v) is 4.65. The van der Waals surface area contributed by atoms with Gasteiger partial charge in [0.05, 0.1) is 22.8 Å². The number of para-hydroxylation sites is 1. The van der Waals surface area contributed by atoms with E-state index in [0.29, 0.717) is 12.8 Å². The highest BCUT2D eigenvalue weighted by Crippen LogP contribution is 2.37. The molecule has 1 spiro atoms. The van der Waals surface area contributed by atoms with Crippen LogP contribution in [0.15, 0.2) is 30.3 Å². The molecule has 1 aromatic heterocycles. The number of hydrogen-bond acceptors (Lipinski definition) is 4. The number of carboxylic acid groups (broad SMARTS) is 1. The maximum atomic E-state index is 11.8. The Kier molecular flexibility index (Phi) is 4.71. The highest BCUT2D eigenvalue weighted by Gasteiger charge is 2.51. The second-order valence-electron chi connectivity index (χ2n) is 7.97. The number of nitrogens with zero attached hydrogens (tertiary/aromatic N) is 3. The third-order valence-corrected chi connectivity index (χ3v) is 6.31. The lowest BCUT2D eigenvalue weighted by Gasteiger charge is -2.41. The van der Waals surface area contributed by atoms with Crippen LogP contribution < -0.4 is 5.32 Å². The topological polar surface area (TPSA) is 87.5 Å². The van der Waals surface area contributed by atoms with Gasteiger partial charge in [-0.2, -0.15) is 5.10 Å². The van der Waals surface area contributed by atoms with Crippen molar-refractivity contribution in [2.24, 2.45) is 5.92 Å². The maximum absolute atomic E-state index is 11.8. The van der Waals surface area contributed by atoms with Gasteiger partial charge in [-0.3, -0.25) is 14.5 Å². The first-order valence-corrected chi connectivity index (χ1v) is 9.76. The molecule has 3 heterocycles. The van der Waals surface area contributed by atoms with Crippen molar-refractivity contribution in [1.82, 2.24) is 20.0 Å². The summed E-state index contributed by atoms with van der Waals surface area (Å²) in [5, 5.41) is 17.2. The van der Waals surface area contributed by atoms with Gasteiger partial charge in [-0.05, 0) is 38.8 Å². The summed E-state index contributed by atoms with van der Waals surface area (Å²) >= 11 is 0. The minimum atomic E-state index is -0.873. The fraction of sp³-hybridized carbons (Fsp3) is 0.476. The molecule has 2 aromatic rings. The highest BCUT2D eigenvalue weighted by atomic mass is 16.4. The second-order valence-corrected chi connectivity index (χ2v) is 7.97. The lowest BCUT2D eigenvalue weighted by Crippen LogP contribution is -2.55. The van der Waals surface area contributed by atoms with Crippen molar-refractivity contribution in [3.8, 4) is 5.69 Å². The number of carboxylic acids is 1. The molecular weight excluding hydrogens is 356 g/mol. The number of nitrogens with one attached hydrogen (secondary N) is 1. The Labute approximate surface area is 164 Å². The van der Waals surface area contributed by atoms with E-state index in [9.17, 15) is 14.7 Å². The molecule has 28 heavy (non-hydrogen) atoms. The van der Waals surface area contributed by atoms with Gasteiger partial charge in [0.25, 0.3) is 0 Å². The summed E-state index contributed by atoms with van der Waals surface area (Å²) < 4.78 is 1.98. The van der Waals surface area contributed by atoms with Crippen molar-refractivity contribution in [2.45, 2.75) is 45.2 Å². The van der Waals surface area contributed by atoms with E-state index in [1.54, 1.807) is 0 Å². The van der Waals surface area contributed by atoms with Crippen LogP contribution in [0.2, 0.25) is 0 Å². The number of carbonyl (C=O) groups excluding carboxylic acids is 1. The Balaban J connectivity index is 1.48. The first-order valence-electron chi connectivity index (χ1n) is 9.76. The van der Waals surface area contributed by atoms with Gasteiger partial charge in [0, 0.05) is 37.3 Å². The van der Waals surface area contributed by atoms with E-state index < -0.39 is 17.4 Å². The summed E-state index contributed by atoms with van der Waals surface area (Å²) in [6.07, 6.45) is 1.43. The highest BCUT2D eigenvalue weighted by molar-refractivity contribution is 5.88. The number of aliphatic carboxylic acids is 1. The molecule has 1 atom stereocenters. The van der Waals surface area contributed by atoms with Gasteiger partial charge in [-0.25, -0.2) is 4.68 Å². The number of benzene rings is 1. The molecule has 4 rings (SSSR count). The second kappa shape index (κ2) is 7.05. The summed E-state index contributed by atoms with van der Waals surface area (Å²) in [4.78, 5) is 25.8. The molecule has 1 aromatic carbocycles. The molecule has 0 saturated carbocycles. The summed E-state index contributed by atoms with van der Waals surface area (Å²) in [5.41, 5.74) is 3.81. The van der Waals surface area contributed by atoms with Crippen LogP contribution >= 0.6 is 0 Å². The predicted molar refractivity (Wildman–Crippen MR) is 104 cm³/mol. The van der Waals surface area contributed by atoms with Crippen LogP contribution in [0, 0.1) is 19.8 Å². The molecule has 2 saturated heterocycles. The largest absolute Gasteiger partial charge is 0.481 e. The van der Waals surface area contributed by atoms with Crippen LogP contribution in [0.3, 0.4) is 0 Å². The Hall–Kier alpha value is -2.67. The molecule has 0 unspecified atom stereocenters.